The number of imidazole rings is 1. The van der Waals surface area contributed by atoms with Gasteiger partial charge < -0.3 is 4.98 Å². The Kier molecular flexibility index (Phi) is 3.72. The van der Waals surface area contributed by atoms with E-state index in [0.29, 0.717) is 10.0 Å². The molecule has 0 aliphatic rings. The summed E-state index contributed by atoms with van der Waals surface area (Å²) in [5, 5.41) is 1.09. The third-order valence-electron chi connectivity index (χ3n) is 2.97. The summed E-state index contributed by atoms with van der Waals surface area (Å²) in [5.74, 6) is 0.915. The highest BCUT2D eigenvalue weighted by atomic mass is 35.5. The lowest BCUT2D eigenvalue weighted by atomic mass is 10.0. The van der Waals surface area contributed by atoms with E-state index in [-0.39, 0.29) is 0 Å². The number of hydrogen-bond donors (Lipinski definition) is 1. The van der Waals surface area contributed by atoms with Crippen molar-refractivity contribution in [3.8, 4) is 11.1 Å². The van der Waals surface area contributed by atoms with Gasteiger partial charge in [-0.2, -0.15) is 0 Å². The quantitative estimate of drug-likeness (QED) is 0.780. The summed E-state index contributed by atoms with van der Waals surface area (Å²) in [6.07, 6.45) is 7.92. The van der Waals surface area contributed by atoms with E-state index in [9.17, 15) is 0 Å². The second kappa shape index (κ2) is 5.65. The Hall–Kier alpha value is -1.84. The van der Waals surface area contributed by atoms with Crippen LogP contribution in [0.4, 0.5) is 0 Å². The predicted molar refractivity (Wildman–Crippen MR) is 81.1 cm³/mol. The summed E-state index contributed by atoms with van der Waals surface area (Å²) < 4.78 is 0. The van der Waals surface area contributed by atoms with Crippen molar-refractivity contribution in [3.63, 3.8) is 0 Å². The smallest absolute Gasteiger partial charge is 0.110 e. The maximum atomic E-state index is 6.05. The van der Waals surface area contributed by atoms with Crippen LogP contribution in [-0.4, -0.2) is 15.0 Å². The number of nitrogens with one attached hydrogen (secondary N) is 1. The Bertz CT molecular complexity index is 724. The number of benzene rings is 1. The Balaban J connectivity index is 1.92. The van der Waals surface area contributed by atoms with Gasteiger partial charge in [-0.3, -0.25) is 4.98 Å². The van der Waals surface area contributed by atoms with Gasteiger partial charge in [0.25, 0.3) is 0 Å². The van der Waals surface area contributed by atoms with Gasteiger partial charge in [-0.25, -0.2) is 4.98 Å². The first-order valence-corrected chi connectivity index (χ1v) is 6.85. The first-order valence-electron chi connectivity index (χ1n) is 6.10. The molecule has 0 saturated heterocycles. The molecule has 2 heterocycles. The number of hydrogen-bond acceptors (Lipinski definition) is 2. The van der Waals surface area contributed by atoms with Crippen molar-refractivity contribution in [1.29, 1.82) is 0 Å². The molecule has 2 aromatic heterocycles. The number of H-pyrrole nitrogens is 1. The summed E-state index contributed by atoms with van der Waals surface area (Å²) in [7, 11) is 0. The summed E-state index contributed by atoms with van der Waals surface area (Å²) in [5.41, 5.74) is 3.09. The van der Waals surface area contributed by atoms with Crippen molar-refractivity contribution in [2.24, 2.45) is 0 Å². The molecule has 0 aliphatic heterocycles. The Morgan fingerprint density at radius 1 is 1.00 bits per heavy atom. The number of aromatic amines is 1. The fourth-order valence-electron chi connectivity index (χ4n) is 2.01. The molecule has 3 rings (SSSR count). The van der Waals surface area contributed by atoms with E-state index in [1.165, 1.54) is 0 Å². The van der Waals surface area contributed by atoms with E-state index in [4.69, 9.17) is 23.2 Å². The molecule has 0 aliphatic carbocycles. The van der Waals surface area contributed by atoms with Crippen LogP contribution in [0.5, 0.6) is 0 Å². The Morgan fingerprint density at radius 2 is 1.90 bits per heavy atom. The average Bonchev–Trinajstić information content (AvgIpc) is 2.95. The molecule has 100 valence electrons. The molecule has 20 heavy (non-hydrogen) atoms. The molecule has 1 aromatic carbocycles. The fourth-order valence-corrected chi connectivity index (χ4v) is 2.30. The lowest BCUT2D eigenvalue weighted by Gasteiger charge is -2.05. The van der Waals surface area contributed by atoms with Crippen molar-refractivity contribution in [1.82, 2.24) is 15.0 Å². The zero-order valence-corrected chi connectivity index (χ0v) is 12.0. The van der Waals surface area contributed by atoms with Gasteiger partial charge in [0.2, 0.25) is 0 Å². The number of aromatic nitrogens is 3. The van der Waals surface area contributed by atoms with E-state index < -0.39 is 0 Å². The molecule has 5 heteroatoms. The highest BCUT2D eigenvalue weighted by molar-refractivity contribution is 6.42. The predicted octanol–water partition coefficient (Wildman–Crippen LogP) is 4.37. The normalized spacial score (nSPS) is 10.7. The van der Waals surface area contributed by atoms with Crippen molar-refractivity contribution in [2.45, 2.75) is 6.42 Å². The van der Waals surface area contributed by atoms with Gasteiger partial charge >= 0.3 is 0 Å². The second-order valence-corrected chi connectivity index (χ2v) is 5.24. The summed E-state index contributed by atoms with van der Waals surface area (Å²) in [6, 6.07) is 7.65. The van der Waals surface area contributed by atoms with Gasteiger partial charge in [-0.05, 0) is 29.3 Å². The van der Waals surface area contributed by atoms with E-state index in [1.54, 1.807) is 12.3 Å². The molecule has 0 radical (unpaired) electrons. The highest BCUT2D eigenvalue weighted by Gasteiger charge is 2.05. The van der Waals surface area contributed by atoms with Gasteiger partial charge in [0, 0.05) is 36.8 Å². The summed E-state index contributed by atoms with van der Waals surface area (Å²) in [4.78, 5) is 11.6. The number of halogens is 2. The minimum Gasteiger partial charge on any atom is -0.348 e. The Morgan fingerprint density at radius 3 is 2.65 bits per heavy atom. The lowest BCUT2D eigenvalue weighted by molar-refractivity contribution is 1.01. The van der Waals surface area contributed by atoms with Crippen LogP contribution in [0, 0.1) is 0 Å². The number of pyridine rings is 1. The van der Waals surface area contributed by atoms with Crippen LogP contribution in [0.3, 0.4) is 0 Å². The van der Waals surface area contributed by atoms with Crippen molar-refractivity contribution < 1.29 is 0 Å². The van der Waals surface area contributed by atoms with E-state index >= 15 is 0 Å². The molecule has 0 unspecified atom stereocenters. The SMILES string of the molecule is Clc1ccc(-c2cncc(Cc3ncc[nH]3)c2)cc1Cl. The minimum atomic E-state index is 0.542. The molecule has 0 amide bonds. The van der Waals surface area contributed by atoms with Gasteiger partial charge in [-0.15, -0.1) is 0 Å². The van der Waals surface area contributed by atoms with Crippen LogP contribution in [0.1, 0.15) is 11.4 Å². The zero-order valence-electron chi connectivity index (χ0n) is 10.5. The molecule has 0 saturated carbocycles. The summed E-state index contributed by atoms with van der Waals surface area (Å²) >= 11 is 12.0. The van der Waals surface area contributed by atoms with Crippen LogP contribution in [0.2, 0.25) is 10.0 Å². The highest BCUT2D eigenvalue weighted by Crippen LogP contribution is 2.28. The molecule has 3 aromatic rings. The summed E-state index contributed by atoms with van der Waals surface area (Å²) in [6.45, 7) is 0. The number of rotatable bonds is 3. The van der Waals surface area contributed by atoms with Crippen molar-refractivity contribution in [3.05, 3.63) is 70.5 Å². The van der Waals surface area contributed by atoms with Crippen LogP contribution in [0.25, 0.3) is 11.1 Å². The topological polar surface area (TPSA) is 41.6 Å². The van der Waals surface area contributed by atoms with Crippen molar-refractivity contribution in [2.75, 3.05) is 0 Å². The molecule has 0 bridgehead atoms. The van der Waals surface area contributed by atoms with Crippen LogP contribution < -0.4 is 0 Å². The molecule has 0 atom stereocenters. The van der Waals surface area contributed by atoms with Gasteiger partial charge in [0.1, 0.15) is 5.82 Å². The van der Waals surface area contributed by atoms with E-state index in [0.717, 1.165) is 28.9 Å². The maximum Gasteiger partial charge on any atom is 0.110 e. The standard InChI is InChI=1S/C15H11Cl2N3/c16-13-2-1-11(7-14(13)17)12-5-10(8-18-9-12)6-15-19-3-4-20-15/h1-5,7-9H,6H2,(H,19,20). The first kappa shape index (κ1) is 13.2. The molecular weight excluding hydrogens is 293 g/mol. The maximum absolute atomic E-state index is 6.05. The largest absolute Gasteiger partial charge is 0.348 e. The molecule has 1 N–H and O–H groups in total. The first-order chi connectivity index (χ1) is 9.72. The minimum absolute atomic E-state index is 0.542. The second-order valence-electron chi connectivity index (χ2n) is 4.42. The molecule has 0 spiro atoms. The lowest BCUT2D eigenvalue weighted by Crippen LogP contribution is -1.92. The van der Waals surface area contributed by atoms with Gasteiger partial charge in [-0.1, -0.05) is 29.3 Å². The third-order valence-corrected chi connectivity index (χ3v) is 3.71. The van der Waals surface area contributed by atoms with E-state index in [1.807, 2.05) is 30.7 Å². The number of nitrogens with zero attached hydrogens (tertiary/aromatic N) is 2. The zero-order chi connectivity index (χ0) is 13.9. The van der Waals surface area contributed by atoms with E-state index in [2.05, 4.69) is 21.0 Å². The molecular formula is C15H11Cl2N3. The average molecular weight is 304 g/mol. The fraction of sp³-hybridized carbons (Fsp3) is 0.0667. The van der Waals surface area contributed by atoms with Crippen molar-refractivity contribution >= 4 is 23.2 Å². The molecule has 3 nitrogen and oxygen atoms in total. The van der Waals surface area contributed by atoms with Gasteiger partial charge in [0.15, 0.2) is 0 Å². The third kappa shape index (κ3) is 2.84. The monoisotopic (exact) mass is 303 g/mol. The van der Waals surface area contributed by atoms with Crippen LogP contribution in [-0.2, 0) is 6.42 Å². The van der Waals surface area contributed by atoms with Crippen LogP contribution >= 0.6 is 23.2 Å². The van der Waals surface area contributed by atoms with Gasteiger partial charge in [0.05, 0.1) is 10.0 Å². The van der Waals surface area contributed by atoms with Crippen LogP contribution in [0.15, 0.2) is 49.1 Å². The molecule has 0 fully saturated rings. The Labute approximate surface area is 126 Å².